The van der Waals surface area contributed by atoms with E-state index >= 15 is 0 Å². The number of aliphatic imine (C=N–C) groups is 1. The number of rotatable bonds is 9. The third kappa shape index (κ3) is 8.26. The van der Waals surface area contributed by atoms with Crippen LogP contribution in [0.1, 0.15) is 23.8 Å². The molecular formula is C23H35IN4S. The molecule has 0 saturated carbocycles. The monoisotopic (exact) mass is 526 g/mol. The number of likely N-dealkylation sites (N-methyl/N-ethyl adjacent to an activating group) is 1. The smallest absolute Gasteiger partial charge is 0.193 e. The van der Waals surface area contributed by atoms with Gasteiger partial charge in [0.1, 0.15) is 0 Å². The highest BCUT2D eigenvalue weighted by molar-refractivity contribution is 14.0. The molecule has 0 bridgehead atoms. The van der Waals surface area contributed by atoms with Gasteiger partial charge in [-0.1, -0.05) is 36.4 Å². The number of guanidine groups is 1. The summed E-state index contributed by atoms with van der Waals surface area (Å²) < 4.78 is 0. The minimum atomic E-state index is 0. The molecule has 3 rings (SSSR count). The van der Waals surface area contributed by atoms with Gasteiger partial charge in [-0.25, -0.2) is 0 Å². The van der Waals surface area contributed by atoms with Crippen molar-refractivity contribution in [3.63, 3.8) is 0 Å². The van der Waals surface area contributed by atoms with Gasteiger partial charge < -0.3 is 15.1 Å². The van der Waals surface area contributed by atoms with Crippen LogP contribution in [0.15, 0.2) is 52.8 Å². The lowest BCUT2D eigenvalue weighted by atomic mass is 10.1. The van der Waals surface area contributed by atoms with E-state index in [4.69, 9.17) is 4.99 Å². The highest BCUT2D eigenvalue weighted by Crippen LogP contribution is 2.17. The van der Waals surface area contributed by atoms with Gasteiger partial charge in [-0.05, 0) is 55.7 Å². The molecule has 1 fully saturated rings. The Labute approximate surface area is 197 Å². The van der Waals surface area contributed by atoms with Crippen LogP contribution in [0.2, 0.25) is 0 Å². The third-order valence-corrected chi connectivity index (χ3v) is 6.34. The Morgan fingerprint density at radius 2 is 2.03 bits per heavy atom. The van der Waals surface area contributed by atoms with Gasteiger partial charge >= 0.3 is 0 Å². The molecule has 0 aliphatic carbocycles. The molecule has 1 aliphatic heterocycles. The van der Waals surface area contributed by atoms with Crippen LogP contribution < -0.4 is 5.32 Å². The van der Waals surface area contributed by atoms with E-state index in [1.165, 1.54) is 30.0 Å². The SMILES string of the molecule is CCNC(=NCC1CCN(CCc2ccccc2)C1)N(C)CCc1cccs1.I. The summed E-state index contributed by atoms with van der Waals surface area (Å²) in [5, 5.41) is 5.61. The van der Waals surface area contributed by atoms with Gasteiger partial charge in [-0.3, -0.25) is 4.99 Å². The number of likely N-dealkylation sites (tertiary alicyclic amines) is 1. The van der Waals surface area contributed by atoms with Gasteiger partial charge in [0, 0.05) is 44.6 Å². The molecule has 2 aromatic rings. The predicted octanol–water partition coefficient (Wildman–Crippen LogP) is 4.37. The zero-order valence-corrected chi connectivity index (χ0v) is 20.9. The van der Waals surface area contributed by atoms with E-state index in [-0.39, 0.29) is 24.0 Å². The first-order valence-electron chi connectivity index (χ1n) is 10.5. The molecule has 1 aliphatic rings. The van der Waals surface area contributed by atoms with E-state index in [0.717, 1.165) is 45.0 Å². The summed E-state index contributed by atoms with van der Waals surface area (Å²) >= 11 is 1.83. The Bertz CT molecular complexity index is 705. The van der Waals surface area contributed by atoms with Crippen LogP contribution in [0.25, 0.3) is 0 Å². The maximum absolute atomic E-state index is 4.96. The van der Waals surface area contributed by atoms with Crippen molar-refractivity contribution in [2.24, 2.45) is 10.9 Å². The number of hydrogen-bond donors (Lipinski definition) is 1. The second-order valence-electron chi connectivity index (χ2n) is 7.64. The molecule has 1 unspecified atom stereocenters. The molecule has 0 spiro atoms. The lowest BCUT2D eigenvalue weighted by Crippen LogP contribution is -2.40. The summed E-state index contributed by atoms with van der Waals surface area (Å²) in [5.74, 6) is 1.72. The van der Waals surface area contributed by atoms with Crippen LogP contribution in [0, 0.1) is 5.92 Å². The summed E-state index contributed by atoms with van der Waals surface area (Å²) in [6.07, 6.45) is 3.48. The van der Waals surface area contributed by atoms with Crippen LogP contribution in [-0.2, 0) is 12.8 Å². The second kappa shape index (κ2) is 13.2. The Morgan fingerprint density at radius 3 is 2.76 bits per heavy atom. The standard InChI is InChI=1S/C23H34N4S.HI/c1-3-24-23(26(2)14-13-22-10-7-17-28-22)25-18-21-12-16-27(19-21)15-11-20-8-5-4-6-9-20;/h4-10,17,21H,3,11-16,18-19H2,1-2H3,(H,24,25);1H. The fraction of sp³-hybridized carbons (Fsp3) is 0.522. The molecule has 29 heavy (non-hydrogen) atoms. The van der Waals surface area contributed by atoms with E-state index in [1.54, 1.807) is 0 Å². The first kappa shape index (κ1) is 24.2. The van der Waals surface area contributed by atoms with Crippen molar-refractivity contribution < 1.29 is 0 Å². The summed E-state index contributed by atoms with van der Waals surface area (Å²) in [7, 11) is 2.15. The molecule has 160 valence electrons. The summed E-state index contributed by atoms with van der Waals surface area (Å²) in [5.41, 5.74) is 1.44. The van der Waals surface area contributed by atoms with Crippen molar-refractivity contribution in [2.45, 2.75) is 26.2 Å². The molecule has 1 N–H and O–H groups in total. The van der Waals surface area contributed by atoms with Crippen LogP contribution in [0.5, 0.6) is 0 Å². The van der Waals surface area contributed by atoms with E-state index in [2.05, 4.69) is 76.9 Å². The Morgan fingerprint density at radius 1 is 1.21 bits per heavy atom. The lowest BCUT2D eigenvalue weighted by molar-refractivity contribution is 0.329. The average Bonchev–Trinajstić information content (AvgIpc) is 3.40. The second-order valence-corrected chi connectivity index (χ2v) is 8.67. The first-order chi connectivity index (χ1) is 13.7. The highest BCUT2D eigenvalue weighted by atomic mass is 127. The summed E-state index contributed by atoms with van der Waals surface area (Å²) in [6.45, 7) is 8.52. The maximum atomic E-state index is 4.96. The maximum Gasteiger partial charge on any atom is 0.193 e. The molecule has 1 aromatic heterocycles. The van der Waals surface area contributed by atoms with E-state index in [1.807, 2.05) is 11.3 Å². The van der Waals surface area contributed by atoms with Crippen molar-refractivity contribution in [3.8, 4) is 0 Å². The van der Waals surface area contributed by atoms with Gasteiger partial charge in [0.25, 0.3) is 0 Å². The van der Waals surface area contributed by atoms with E-state index < -0.39 is 0 Å². The molecular weight excluding hydrogens is 491 g/mol. The quantitative estimate of drug-likeness (QED) is 0.299. The van der Waals surface area contributed by atoms with Crippen molar-refractivity contribution in [1.82, 2.24) is 15.1 Å². The van der Waals surface area contributed by atoms with Gasteiger partial charge in [0.2, 0.25) is 0 Å². The van der Waals surface area contributed by atoms with Gasteiger partial charge in [-0.2, -0.15) is 0 Å². The molecule has 4 nitrogen and oxygen atoms in total. The average molecular weight is 527 g/mol. The third-order valence-electron chi connectivity index (χ3n) is 5.40. The number of halogens is 1. The van der Waals surface area contributed by atoms with Crippen molar-refractivity contribution >= 4 is 41.3 Å². The number of hydrogen-bond acceptors (Lipinski definition) is 3. The number of nitrogens with one attached hydrogen (secondary N) is 1. The Kier molecular flexibility index (Phi) is 11.0. The number of thiophene rings is 1. The van der Waals surface area contributed by atoms with Gasteiger partial charge in [-0.15, -0.1) is 35.3 Å². The fourth-order valence-electron chi connectivity index (χ4n) is 3.72. The topological polar surface area (TPSA) is 30.9 Å². The normalized spacial score (nSPS) is 17.2. The van der Waals surface area contributed by atoms with Crippen molar-refractivity contribution in [2.75, 3.05) is 46.3 Å². The van der Waals surface area contributed by atoms with Gasteiger partial charge in [0.05, 0.1) is 0 Å². The fourth-order valence-corrected chi connectivity index (χ4v) is 4.42. The van der Waals surface area contributed by atoms with Crippen molar-refractivity contribution in [1.29, 1.82) is 0 Å². The molecule has 0 amide bonds. The minimum Gasteiger partial charge on any atom is -0.357 e. The van der Waals surface area contributed by atoms with E-state index in [9.17, 15) is 0 Å². The summed E-state index contributed by atoms with van der Waals surface area (Å²) in [4.78, 5) is 11.3. The van der Waals surface area contributed by atoms with Crippen LogP contribution in [-0.4, -0.2) is 62.1 Å². The first-order valence-corrected chi connectivity index (χ1v) is 11.4. The molecule has 1 atom stereocenters. The number of benzene rings is 1. The Balaban J connectivity index is 0.00000300. The van der Waals surface area contributed by atoms with Crippen molar-refractivity contribution in [3.05, 3.63) is 58.3 Å². The minimum absolute atomic E-state index is 0. The van der Waals surface area contributed by atoms with Crippen LogP contribution in [0.3, 0.4) is 0 Å². The van der Waals surface area contributed by atoms with E-state index in [0.29, 0.717) is 5.92 Å². The largest absolute Gasteiger partial charge is 0.357 e. The molecule has 1 aromatic carbocycles. The zero-order chi connectivity index (χ0) is 19.6. The molecule has 0 radical (unpaired) electrons. The van der Waals surface area contributed by atoms with Crippen LogP contribution in [0.4, 0.5) is 0 Å². The zero-order valence-electron chi connectivity index (χ0n) is 17.7. The van der Waals surface area contributed by atoms with Gasteiger partial charge in [0.15, 0.2) is 5.96 Å². The lowest BCUT2D eigenvalue weighted by Gasteiger charge is -2.22. The highest BCUT2D eigenvalue weighted by Gasteiger charge is 2.22. The molecule has 1 saturated heterocycles. The number of nitrogens with zero attached hydrogens (tertiary/aromatic N) is 3. The van der Waals surface area contributed by atoms with Crippen LogP contribution >= 0.6 is 35.3 Å². The summed E-state index contributed by atoms with van der Waals surface area (Å²) in [6, 6.07) is 15.2. The predicted molar refractivity (Wildman–Crippen MR) is 137 cm³/mol. The molecule has 6 heteroatoms. The Hall–Kier alpha value is -1.12. The molecule has 2 heterocycles.